The lowest BCUT2D eigenvalue weighted by Crippen LogP contribution is -2.35. The minimum atomic E-state index is -0.358. The monoisotopic (exact) mass is 275 g/mol. The molecule has 0 heterocycles. The second-order valence-corrected chi connectivity index (χ2v) is 5.35. The van der Waals surface area contributed by atoms with Crippen LogP contribution >= 0.6 is 23.2 Å². The lowest BCUT2D eigenvalue weighted by molar-refractivity contribution is 0.0937. The third kappa shape index (κ3) is 4.10. The number of carbonyl (C=O) groups is 1. The van der Waals surface area contributed by atoms with E-state index in [1.807, 2.05) is 13.8 Å². The largest absolute Gasteiger partial charge is 0.507 e. The molecule has 0 bridgehead atoms. The summed E-state index contributed by atoms with van der Waals surface area (Å²) in [6, 6.07) is 4.35. The van der Waals surface area contributed by atoms with Gasteiger partial charge in [-0.05, 0) is 23.6 Å². The van der Waals surface area contributed by atoms with Gasteiger partial charge in [0, 0.05) is 17.4 Å². The molecule has 0 aliphatic heterocycles. The highest BCUT2D eigenvalue weighted by Gasteiger charge is 2.19. The van der Waals surface area contributed by atoms with Gasteiger partial charge in [-0.15, -0.1) is 11.6 Å². The Morgan fingerprint density at radius 1 is 1.47 bits per heavy atom. The van der Waals surface area contributed by atoms with E-state index >= 15 is 0 Å². The van der Waals surface area contributed by atoms with Crippen molar-refractivity contribution in [3.8, 4) is 5.75 Å². The maximum Gasteiger partial charge on any atom is 0.255 e. The van der Waals surface area contributed by atoms with E-state index in [9.17, 15) is 9.90 Å². The Morgan fingerprint density at radius 2 is 2.12 bits per heavy atom. The van der Waals surface area contributed by atoms with Crippen LogP contribution in [0.4, 0.5) is 0 Å². The molecular formula is C12H15Cl2NO2. The number of alkyl halides is 1. The van der Waals surface area contributed by atoms with E-state index in [-0.39, 0.29) is 22.6 Å². The number of phenolic OH excluding ortho intramolecular Hbond substituents is 1. The summed E-state index contributed by atoms with van der Waals surface area (Å²) in [6.45, 7) is 4.32. The van der Waals surface area contributed by atoms with Crippen LogP contribution in [-0.4, -0.2) is 23.4 Å². The molecule has 0 saturated carbocycles. The first-order chi connectivity index (χ1) is 7.85. The fourth-order valence-corrected chi connectivity index (χ4v) is 1.42. The molecule has 1 amide bonds. The summed E-state index contributed by atoms with van der Waals surface area (Å²) >= 11 is 11.5. The second kappa shape index (κ2) is 5.61. The van der Waals surface area contributed by atoms with E-state index in [1.54, 1.807) is 0 Å². The van der Waals surface area contributed by atoms with Gasteiger partial charge in [-0.2, -0.15) is 0 Å². The SMILES string of the molecule is CC(C)(CCl)CNC(=O)c1cc(Cl)ccc1O. The number of phenols is 1. The smallest absolute Gasteiger partial charge is 0.255 e. The zero-order chi connectivity index (χ0) is 13.1. The Morgan fingerprint density at radius 3 is 2.71 bits per heavy atom. The van der Waals surface area contributed by atoms with Gasteiger partial charge in [-0.25, -0.2) is 0 Å². The van der Waals surface area contributed by atoms with E-state index in [1.165, 1.54) is 18.2 Å². The summed E-state index contributed by atoms with van der Waals surface area (Å²) in [5, 5.41) is 12.7. The molecule has 0 atom stereocenters. The summed E-state index contributed by atoms with van der Waals surface area (Å²) in [5.74, 6) is -0.00629. The molecule has 1 rings (SSSR count). The molecule has 0 fully saturated rings. The number of hydrogen-bond donors (Lipinski definition) is 2. The first-order valence-electron chi connectivity index (χ1n) is 5.18. The summed E-state index contributed by atoms with van der Waals surface area (Å²) in [5.41, 5.74) is -0.0198. The maximum atomic E-state index is 11.8. The predicted molar refractivity (Wildman–Crippen MR) is 70.0 cm³/mol. The predicted octanol–water partition coefficient (Wildman–Crippen LogP) is 3.04. The van der Waals surface area contributed by atoms with Gasteiger partial charge in [0.25, 0.3) is 5.91 Å². The van der Waals surface area contributed by atoms with Crippen LogP contribution in [0, 0.1) is 5.41 Å². The Hall–Kier alpha value is -0.930. The van der Waals surface area contributed by atoms with Crippen molar-refractivity contribution in [2.24, 2.45) is 5.41 Å². The lowest BCUT2D eigenvalue weighted by Gasteiger charge is -2.21. The van der Waals surface area contributed by atoms with Crippen LogP contribution in [0.25, 0.3) is 0 Å². The molecule has 17 heavy (non-hydrogen) atoms. The van der Waals surface area contributed by atoms with Gasteiger partial charge < -0.3 is 10.4 Å². The number of aromatic hydroxyl groups is 1. The topological polar surface area (TPSA) is 49.3 Å². The van der Waals surface area contributed by atoms with Crippen LogP contribution in [0.1, 0.15) is 24.2 Å². The van der Waals surface area contributed by atoms with Gasteiger partial charge in [0.2, 0.25) is 0 Å². The van der Waals surface area contributed by atoms with Crippen molar-refractivity contribution in [1.82, 2.24) is 5.32 Å². The Balaban J connectivity index is 2.74. The minimum Gasteiger partial charge on any atom is -0.507 e. The highest BCUT2D eigenvalue weighted by Crippen LogP contribution is 2.22. The fraction of sp³-hybridized carbons (Fsp3) is 0.417. The van der Waals surface area contributed by atoms with E-state index in [0.717, 1.165) is 0 Å². The number of benzene rings is 1. The molecule has 0 aliphatic rings. The molecule has 1 aromatic rings. The summed E-state index contributed by atoms with van der Waals surface area (Å²) < 4.78 is 0. The molecule has 94 valence electrons. The highest BCUT2D eigenvalue weighted by molar-refractivity contribution is 6.31. The number of nitrogens with one attached hydrogen (secondary N) is 1. The zero-order valence-electron chi connectivity index (χ0n) is 9.76. The van der Waals surface area contributed by atoms with Crippen molar-refractivity contribution in [3.05, 3.63) is 28.8 Å². The van der Waals surface area contributed by atoms with Crippen LogP contribution in [0.3, 0.4) is 0 Å². The standard InChI is InChI=1S/C12H15Cl2NO2/c1-12(2,6-13)7-15-11(17)9-5-8(14)3-4-10(9)16/h3-5,16H,6-7H2,1-2H3,(H,15,17). The van der Waals surface area contributed by atoms with E-state index in [0.29, 0.717) is 17.4 Å². The van der Waals surface area contributed by atoms with Crippen molar-refractivity contribution >= 4 is 29.1 Å². The molecule has 0 aliphatic carbocycles. The van der Waals surface area contributed by atoms with Crippen LogP contribution in [-0.2, 0) is 0 Å². The van der Waals surface area contributed by atoms with Gasteiger partial charge >= 0.3 is 0 Å². The summed E-state index contributed by atoms with van der Waals surface area (Å²) in [7, 11) is 0. The minimum absolute atomic E-state index is 0.0874. The fourth-order valence-electron chi connectivity index (χ4n) is 1.15. The first-order valence-corrected chi connectivity index (χ1v) is 6.10. The number of carbonyl (C=O) groups excluding carboxylic acids is 1. The third-order valence-corrected chi connectivity index (χ3v) is 3.25. The van der Waals surface area contributed by atoms with Crippen LogP contribution in [0.2, 0.25) is 5.02 Å². The molecule has 3 nitrogen and oxygen atoms in total. The lowest BCUT2D eigenvalue weighted by atomic mass is 9.96. The van der Waals surface area contributed by atoms with Gasteiger partial charge in [-0.1, -0.05) is 25.4 Å². The zero-order valence-corrected chi connectivity index (χ0v) is 11.3. The normalized spacial score (nSPS) is 11.3. The summed E-state index contributed by atoms with van der Waals surface area (Å²) in [4.78, 5) is 11.8. The molecule has 0 aromatic heterocycles. The van der Waals surface area contributed by atoms with Crippen molar-refractivity contribution in [2.75, 3.05) is 12.4 Å². The average molecular weight is 276 g/mol. The van der Waals surface area contributed by atoms with Crippen LogP contribution in [0.5, 0.6) is 5.75 Å². The van der Waals surface area contributed by atoms with Gasteiger partial charge in [0.15, 0.2) is 0 Å². The molecule has 5 heteroatoms. The molecule has 0 spiro atoms. The highest BCUT2D eigenvalue weighted by atomic mass is 35.5. The first kappa shape index (κ1) is 14.1. The quantitative estimate of drug-likeness (QED) is 0.830. The molecular weight excluding hydrogens is 261 g/mol. The second-order valence-electron chi connectivity index (χ2n) is 4.64. The van der Waals surface area contributed by atoms with Crippen molar-refractivity contribution < 1.29 is 9.90 Å². The van der Waals surface area contributed by atoms with E-state index in [2.05, 4.69) is 5.32 Å². The molecule has 0 radical (unpaired) electrons. The molecule has 2 N–H and O–H groups in total. The summed E-state index contributed by atoms with van der Waals surface area (Å²) in [6.07, 6.45) is 0. The maximum absolute atomic E-state index is 11.8. The number of hydrogen-bond acceptors (Lipinski definition) is 2. The average Bonchev–Trinajstić information content (AvgIpc) is 2.29. The van der Waals surface area contributed by atoms with Crippen molar-refractivity contribution in [3.63, 3.8) is 0 Å². The van der Waals surface area contributed by atoms with Crippen LogP contribution in [0.15, 0.2) is 18.2 Å². The Kier molecular flexibility index (Phi) is 4.66. The number of amides is 1. The van der Waals surface area contributed by atoms with E-state index < -0.39 is 0 Å². The van der Waals surface area contributed by atoms with Crippen molar-refractivity contribution in [2.45, 2.75) is 13.8 Å². The van der Waals surface area contributed by atoms with Crippen molar-refractivity contribution in [1.29, 1.82) is 0 Å². The van der Waals surface area contributed by atoms with Gasteiger partial charge in [0.05, 0.1) is 5.56 Å². The van der Waals surface area contributed by atoms with E-state index in [4.69, 9.17) is 23.2 Å². The number of halogens is 2. The number of rotatable bonds is 4. The molecule has 0 saturated heterocycles. The Labute approximate surface area is 111 Å². The third-order valence-electron chi connectivity index (χ3n) is 2.29. The molecule has 1 aromatic carbocycles. The van der Waals surface area contributed by atoms with Gasteiger partial charge in [0.1, 0.15) is 5.75 Å². The molecule has 0 unspecified atom stereocenters. The Bertz CT molecular complexity index is 419. The van der Waals surface area contributed by atoms with Gasteiger partial charge in [-0.3, -0.25) is 4.79 Å². The van der Waals surface area contributed by atoms with Crippen LogP contribution < -0.4 is 5.32 Å².